The summed E-state index contributed by atoms with van der Waals surface area (Å²) in [7, 11) is -1.31. The number of hydrogen-bond acceptors (Lipinski definition) is 3. The van der Waals surface area contributed by atoms with Gasteiger partial charge in [-0.25, -0.2) is 0 Å². The lowest BCUT2D eigenvalue weighted by atomic mass is 10.1. The maximum Gasteiger partial charge on any atom is 0.319 e. The summed E-state index contributed by atoms with van der Waals surface area (Å²) in [6, 6.07) is 9.32. The maximum atomic E-state index is 11.9. The van der Waals surface area contributed by atoms with Crippen LogP contribution in [0.4, 0.5) is 0 Å². The first-order valence-corrected chi connectivity index (χ1v) is 8.05. The van der Waals surface area contributed by atoms with E-state index in [4.69, 9.17) is 5.11 Å². The average molecular weight is 272 g/mol. The Kier molecular flexibility index (Phi) is 6.29. The van der Waals surface area contributed by atoms with E-state index < -0.39 is 22.0 Å². The van der Waals surface area contributed by atoms with Crippen molar-refractivity contribution in [1.29, 1.82) is 0 Å². The molecule has 0 radical (unpaired) electrons. The van der Waals surface area contributed by atoms with E-state index in [0.717, 1.165) is 11.3 Å². The number of carboxylic acid groups (broad SMARTS) is 1. The SMILES string of the molecule is CSCCS(=O)C(Cc1ccccc1)C(=O)O. The topological polar surface area (TPSA) is 54.4 Å². The van der Waals surface area contributed by atoms with E-state index in [0.29, 0.717) is 12.2 Å². The van der Waals surface area contributed by atoms with Gasteiger partial charge in [0, 0.05) is 22.3 Å². The second-order valence-electron chi connectivity index (χ2n) is 3.59. The van der Waals surface area contributed by atoms with E-state index in [1.165, 1.54) is 0 Å². The lowest BCUT2D eigenvalue weighted by Crippen LogP contribution is -2.30. The van der Waals surface area contributed by atoms with Gasteiger partial charge in [-0.3, -0.25) is 9.00 Å². The molecule has 1 aromatic carbocycles. The highest BCUT2D eigenvalue weighted by Crippen LogP contribution is 2.10. The molecule has 0 spiro atoms. The molecule has 3 nitrogen and oxygen atoms in total. The van der Waals surface area contributed by atoms with Gasteiger partial charge in [0.2, 0.25) is 0 Å². The van der Waals surface area contributed by atoms with Gasteiger partial charge in [-0.1, -0.05) is 30.3 Å². The predicted octanol–water partition coefficient (Wildman–Crippen LogP) is 1.79. The minimum absolute atomic E-state index is 0.331. The fourth-order valence-corrected chi connectivity index (χ4v) is 3.64. The van der Waals surface area contributed by atoms with Crippen molar-refractivity contribution in [3.8, 4) is 0 Å². The van der Waals surface area contributed by atoms with Crippen molar-refractivity contribution in [3.63, 3.8) is 0 Å². The number of thioether (sulfide) groups is 1. The zero-order valence-corrected chi connectivity index (χ0v) is 11.3. The molecule has 0 aliphatic rings. The predicted molar refractivity (Wildman–Crippen MR) is 73.0 cm³/mol. The van der Waals surface area contributed by atoms with Gasteiger partial charge in [0.1, 0.15) is 5.25 Å². The summed E-state index contributed by atoms with van der Waals surface area (Å²) in [4.78, 5) is 11.1. The average Bonchev–Trinajstić information content (AvgIpc) is 2.34. The van der Waals surface area contributed by atoms with E-state index >= 15 is 0 Å². The third kappa shape index (κ3) is 4.91. The molecule has 94 valence electrons. The van der Waals surface area contributed by atoms with Gasteiger partial charge in [0.15, 0.2) is 0 Å². The number of aliphatic carboxylic acids is 1. The molecule has 0 fully saturated rings. The summed E-state index contributed by atoms with van der Waals surface area (Å²) < 4.78 is 11.9. The molecule has 0 aliphatic heterocycles. The number of carbonyl (C=O) groups is 1. The molecule has 1 N–H and O–H groups in total. The highest BCUT2D eigenvalue weighted by molar-refractivity contribution is 7.99. The van der Waals surface area contributed by atoms with Crippen LogP contribution in [0.25, 0.3) is 0 Å². The van der Waals surface area contributed by atoms with Crippen LogP contribution in [-0.4, -0.2) is 38.3 Å². The van der Waals surface area contributed by atoms with E-state index in [1.807, 2.05) is 36.6 Å². The molecular weight excluding hydrogens is 256 g/mol. The Morgan fingerprint density at radius 2 is 2.06 bits per heavy atom. The molecule has 1 aromatic rings. The molecule has 0 saturated carbocycles. The molecule has 0 aliphatic carbocycles. The quantitative estimate of drug-likeness (QED) is 0.822. The summed E-state index contributed by atoms with van der Waals surface area (Å²) in [5.41, 5.74) is 0.914. The second kappa shape index (κ2) is 7.50. The van der Waals surface area contributed by atoms with Crippen LogP contribution >= 0.6 is 11.8 Å². The van der Waals surface area contributed by atoms with Crippen molar-refractivity contribution < 1.29 is 14.1 Å². The smallest absolute Gasteiger partial charge is 0.319 e. The number of hydrogen-bond donors (Lipinski definition) is 1. The largest absolute Gasteiger partial charge is 0.480 e. The highest BCUT2D eigenvalue weighted by atomic mass is 32.2. The van der Waals surface area contributed by atoms with E-state index in [1.54, 1.807) is 11.8 Å². The summed E-state index contributed by atoms with van der Waals surface area (Å²) in [6.45, 7) is 0. The van der Waals surface area contributed by atoms with Gasteiger partial charge in [-0.15, -0.1) is 0 Å². The first-order chi connectivity index (χ1) is 8.15. The highest BCUT2D eigenvalue weighted by Gasteiger charge is 2.24. The summed E-state index contributed by atoms with van der Waals surface area (Å²) in [5, 5.41) is 8.30. The van der Waals surface area contributed by atoms with Gasteiger partial charge in [-0.2, -0.15) is 11.8 Å². The Labute approximate surface area is 108 Å². The second-order valence-corrected chi connectivity index (χ2v) is 6.32. The van der Waals surface area contributed by atoms with Crippen LogP contribution in [0.3, 0.4) is 0 Å². The minimum atomic E-state index is -1.31. The Morgan fingerprint density at radius 1 is 1.41 bits per heavy atom. The first kappa shape index (κ1) is 14.3. The van der Waals surface area contributed by atoms with Gasteiger partial charge < -0.3 is 5.11 Å². The molecule has 2 unspecified atom stereocenters. The molecule has 2 atom stereocenters. The monoisotopic (exact) mass is 272 g/mol. The standard InChI is InChI=1S/C12H16O3S2/c1-16-7-8-17(15)11(12(13)14)9-10-5-3-2-4-6-10/h2-6,11H,7-9H2,1H3,(H,13,14). The molecule has 0 saturated heterocycles. The molecule has 0 bridgehead atoms. The van der Waals surface area contributed by atoms with Crippen LogP contribution in [0.1, 0.15) is 5.56 Å². The Bertz CT molecular complexity index is 379. The molecular formula is C12H16O3S2. The van der Waals surface area contributed by atoms with E-state index in [2.05, 4.69) is 0 Å². The Balaban J connectivity index is 2.67. The van der Waals surface area contributed by atoms with Crippen molar-refractivity contribution in [1.82, 2.24) is 0 Å². The van der Waals surface area contributed by atoms with Crippen LogP contribution in [-0.2, 0) is 22.0 Å². The number of benzene rings is 1. The fourth-order valence-electron chi connectivity index (χ4n) is 1.43. The van der Waals surface area contributed by atoms with Crippen LogP contribution in [0.5, 0.6) is 0 Å². The third-order valence-corrected chi connectivity index (χ3v) is 4.83. The molecule has 1 rings (SSSR count). The van der Waals surface area contributed by atoms with Gasteiger partial charge >= 0.3 is 5.97 Å². The van der Waals surface area contributed by atoms with E-state index in [9.17, 15) is 9.00 Å². The molecule has 0 amide bonds. The Morgan fingerprint density at radius 3 is 2.59 bits per heavy atom. The van der Waals surface area contributed by atoms with Gasteiger partial charge in [0.25, 0.3) is 0 Å². The van der Waals surface area contributed by atoms with Crippen molar-refractivity contribution >= 4 is 28.5 Å². The van der Waals surface area contributed by atoms with Crippen molar-refractivity contribution in [2.75, 3.05) is 17.8 Å². The minimum Gasteiger partial charge on any atom is -0.480 e. The zero-order chi connectivity index (χ0) is 12.7. The summed E-state index contributed by atoms with van der Waals surface area (Å²) in [5.74, 6) is 0.184. The number of rotatable bonds is 7. The molecule has 0 aromatic heterocycles. The van der Waals surface area contributed by atoms with Crippen molar-refractivity contribution in [2.24, 2.45) is 0 Å². The maximum absolute atomic E-state index is 11.9. The first-order valence-electron chi connectivity index (χ1n) is 5.28. The zero-order valence-electron chi connectivity index (χ0n) is 9.67. The van der Waals surface area contributed by atoms with Gasteiger partial charge in [0.05, 0.1) is 0 Å². The van der Waals surface area contributed by atoms with Crippen LogP contribution in [0.2, 0.25) is 0 Å². The third-order valence-electron chi connectivity index (χ3n) is 2.35. The normalized spacial score (nSPS) is 14.2. The van der Waals surface area contributed by atoms with Gasteiger partial charge in [-0.05, 0) is 18.2 Å². The lowest BCUT2D eigenvalue weighted by molar-refractivity contribution is -0.136. The summed E-state index contributed by atoms with van der Waals surface area (Å²) in [6.07, 6.45) is 2.25. The lowest BCUT2D eigenvalue weighted by Gasteiger charge is -2.11. The molecule has 0 heterocycles. The molecule has 17 heavy (non-hydrogen) atoms. The molecule has 5 heteroatoms. The Hall–Kier alpha value is -0.810. The fraction of sp³-hybridized carbons (Fsp3) is 0.417. The number of carboxylic acids is 1. The summed E-state index contributed by atoms with van der Waals surface area (Å²) >= 11 is 1.58. The van der Waals surface area contributed by atoms with Crippen LogP contribution in [0, 0.1) is 0 Å². The van der Waals surface area contributed by atoms with Crippen molar-refractivity contribution in [3.05, 3.63) is 35.9 Å². The van der Waals surface area contributed by atoms with Crippen molar-refractivity contribution in [2.45, 2.75) is 11.7 Å². The van der Waals surface area contributed by atoms with Crippen LogP contribution in [0.15, 0.2) is 30.3 Å². The van der Waals surface area contributed by atoms with Crippen LogP contribution < -0.4 is 0 Å². The van der Waals surface area contributed by atoms with E-state index in [-0.39, 0.29) is 0 Å².